The molecule has 2 fully saturated rings. The summed E-state index contributed by atoms with van der Waals surface area (Å²) in [5.74, 6) is 4.86. The zero-order valence-corrected chi connectivity index (χ0v) is 22.0. The van der Waals surface area contributed by atoms with Gasteiger partial charge in [0.25, 0.3) is 11.8 Å². The van der Waals surface area contributed by atoms with Crippen molar-refractivity contribution < 1.29 is 19.9 Å². The average Bonchev–Trinajstić information content (AvgIpc) is 2.96. The molecule has 0 unspecified atom stereocenters. The second-order valence-corrected chi connectivity index (χ2v) is 10.3. The Morgan fingerprint density at radius 1 is 0.921 bits per heavy atom. The number of carbonyl (C=O) groups excluding carboxylic acids is 2. The Kier molecular flexibility index (Phi) is 9.91. The largest absolute Gasteiger partial charge is 0.391 e. The van der Waals surface area contributed by atoms with Crippen molar-refractivity contribution in [3.63, 3.8) is 0 Å². The van der Waals surface area contributed by atoms with Crippen LogP contribution in [0.5, 0.6) is 0 Å². The Balaban J connectivity index is 1.26. The summed E-state index contributed by atoms with van der Waals surface area (Å²) in [5, 5.41) is 20.9. The molecule has 202 valence electrons. The van der Waals surface area contributed by atoms with Gasteiger partial charge in [0.1, 0.15) is 6.04 Å². The molecule has 4 rings (SSSR count). The average molecular weight is 519 g/mol. The summed E-state index contributed by atoms with van der Waals surface area (Å²) < 4.78 is 0. The molecule has 2 amide bonds. The number of carbonyl (C=O) groups is 2. The summed E-state index contributed by atoms with van der Waals surface area (Å²) in [6.07, 6.45) is 5.47. The molecule has 0 spiro atoms. The fourth-order valence-corrected chi connectivity index (χ4v) is 5.23. The van der Waals surface area contributed by atoms with Crippen LogP contribution in [0.25, 0.3) is 0 Å². The molecule has 2 aliphatic heterocycles. The van der Waals surface area contributed by atoms with Gasteiger partial charge in [-0.1, -0.05) is 30.4 Å². The molecule has 4 N–H and O–H groups in total. The standard InChI is InChI=1S/C30H38N4O4/c1-22(35)28(30(37)32-38)31-29(36)26-13-11-24(12-14-26)6-5-23-7-9-25(10-8-23)21-33-19-15-27(16-20-33)34-17-3-2-4-18-34/h7-14,22,27-28,35,38H,2-4,15-21H2,1H3,(H,31,36)(H,32,37)/t22-,28+/m1/s1. The van der Waals surface area contributed by atoms with Crippen LogP contribution in [0.1, 0.15) is 66.1 Å². The Morgan fingerprint density at radius 2 is 1.50 bits per heavy atom. The van der Waals surface area contributed by atoms with E-state index in [0.29, 0.717) is 5.56 Å². The summed E-state index contributed by atoms with van der Waals surface area (Å²) in [5.41, 5.74) is 4.74. The first-order valence-electron chi connectivity index (χ1n) is 13.5. The second kappa shape index (κ2) is 13.5. The minimum Gasteiger partial charge on any atom is -0.391 e. The predicted octanol–water partition coefficient (Wildman–Crippen LogP) is 2.52. The first-order valence-corrected chi connectivity index (χ1v) is 13.5. The summed E-state index contributed by atoms with van der Waals surface area (Å²) >= 11 is 0. The van der Waals surface area contributed by atoms with Crippen molar-refractivity contribution in [2.24, 2.45) is 0 Å². The minimum absolute atomic E-state index is 0.316. The maximum atomic E-state index is 12.4. The predicted molar refractivity (Wildman–Crippen MR) is 145 cm³/mol. The SMILES string of the molecule is C[C@@H](O)[C@H](NC(=O)c1ccc(C#Cc2ccc(CN3CCC(N4CCCCC4)CC3)cc2)cc1)C(=O)NO. The topological polar surface area (TPSA) is 105 Å². The van der Waals surface area contributed by atoms with Gasteiger partial charge >= 0.3 is 0 Å². The summed E-state index contributed by atoms with van der Waals surface area (Å²) in [4.78, 5) is 29.3. The lowest BCUT2D eigenvalue weighted by atomic mass is 9.99. The van der Waals surface area contributed by atoms with E-state index in [4.69, 9.17) is 5.21 Å². The highest BCUT2D eigenvalue weighted by Gasteiger charge is 2.26. The number of hydroxylamine groups is 1. The Morgan fingerprint density at radius 3 is 2.05 bits per heavy atom. The fraction of sp³-hybridized carbons (Fsp3) is 0.467. The van der Waals surface area contributed by atoms with Crippen LogP contribution in [-0.2, 0) is 11.3 Å². The molecular weight excluding hydrogens is 480 g/mol. The Labute approximate surface area is 225 Å². The van der Waals surface area contributed by atoms with Crippen molar-refractivity contribution >= 4 is 11.8 Å². The highest BCUT2D eigenvalue weighted by Crippen LogP contribution is 2.22. The van der Waals surface area contributed by atoms with Gasteiger partial charge in [-0.2, -0.15) is 0 Å². The first kappa shape index (κ1) is 27.8. The van der Waals surface area contributed by atoms with Crippen LogP contribution in [0.2, 0.25) is 0 Å². The number of likely N-dealkylation sites (tertiary alicyclic amines) is 2. The third kappa shape index (κ3) is 7.65. The number of rotatable bonds is 7. The highest BCUT2D eigenvalue weighted by atomic mass is 16.5. The van der Waals surface area contributed by atoms with Crippen molar-refractivity contribution in [1.82, 2.24) is 20.6 Å². The molecule has 2 aromatic carbocycles. The van der Waals surface area contributed by atoms with E-state index >= 15 is 0 Å². The molecule has 8 heteroatoms. The molecule has 38 heavy (non-hydrogen) atoms. The van der Waals surface area contributed by atoms with Crippen LogP contribution in [-0.4, -0.2) is 76.3 Å². The van der Waals surface area contributed by atoms with Crippen molar-refractivity contribution in [1.29, 1.82) is 0 Å². The zero-order valence-electron chi connectivity index (χ0n) is 22.0. The maximum absolute atomic E-state index is 12.4. The lowest BCUT2D eigenvalue weighted by Gasteiger charge is -2.40. The lowest BCUT2D eigenvalue weighted by molar-refractivity contribution is -0.133. The van der Waals surface area contributed by atoms with Crippen LogP contribution >= 0.6 is 0 Å². The third-order valence-corrected chi connectivity index (χ3v) is 7.48. The van der Waals surface area contributed by atoms with Crippen LogP contribution < -0.4 is 10.8 Å². The molecular formula is C30H38N4O4. The van der Waals surface area contributed by atoms with E-state index in [2.05, 4.69) is 39.1 Å². The summed E-state index contributed by atoms with van der Waals surface area (Å²) in [7, 11) is 0. The van der Waals surface area contributed by atoms with E-state index in [1.54, 1.807) is 24.3 Å². The van der Waals surface area contributed by atoms with E-state index in [1.807, 2.05) is 12.1 Å². The molecule has 2 atom stereocenters. The number of aliphatic hydroxyl groups is 1. The van der Waals surface area contributed by atoms with Gasteiger partial charge in [-0.15, -0.1) is 0 Å². The van der Waals surface area contributed by atoms with E-state index < -0.39 is 24.0 Å². The quantitative estimate of drug-likeness (QED) is 0.255. The van der Waals surface area contributed by atoms with Crippen LogP contribution in [0.3, 0.4) is 0 Å². The lowest BCUT2D eigenvalue weighted by Crippen LogP contribution is -2.51. The van der Waals surface area contributed by atoms with Crippen LogP contribution in [0.15, 0.2) is 48.5 Å². The van der Waals surface area contributed by atoms with E-state index in [-0.39, 0.29) is 0 Å². The minimum atomic E-state index is -1.26. The number of piperidine rings is 2. The molecule has 2 saturated heterocycles. The smallest absolute Gasteiger partial charge is 0.268 e. The van der Waals surface area contributed by atoms with Crippen LogP contribution in [0.4, 0.5) is 0 Å². The number of benzene rings is 2. The summed E-state index contributed by atoms with van der Waals surface area (Å²) in [6.45, 7) is 7.20. The molecule has 2 heterocycles. The molecule has 0 aromatic heterocycles. The first-order chi connectivity index (χ1) is 18.4. The molecule has 0 saturated carbocycles. The summed E-state index contributed by atoms with van der Waals surface area (Å²) in [6, 6.07) is 14.6. The van der Waals surface area contributed by atoms with Gasteiger partial charge in [-0.05, 0) is 101 Å². The van der Waals surface area contributed by atoms with E-state index in [0.717, 1.165) is 36.8 Å². The molecule has 2 aromatic rings. The Hall–Kier alpha value is -3.22. The number of amides is 2. The zero-order chi connectivity index (χ0) is 26.9. The van der Waals surface area contributed by atoms with Gasteiger partial charge in [0, 0.05) is 29.3 Å². The number of nitrogens with one attached hydrogen (secondary N) is 2. The molecule has 2 aliphatic rings. The Bertz CT molecular complexity index is 1120. The highest BCUT2D eigenvalue weighted by molar-refractivity contribution is 5.97. The van der Waals surface area contributed by atoms with Gasteiger partial charge in [0.15, 0.2) is 0 Å². The fourth-order valence-electron chi connectivity index (χ4n) is 5.23. The van der Waals surface area contributed by atoms with Crippen molar-refractivity contribution in [2.75, 3.05) is 26.2 Å². The van der Waals surface area contributed by atoms with Crippen molar-refractivity contribution in [2.45, 2.75) is 63.8 Å². The van der Waals surface area contributed by atoms with Gasteiger partial charge in [-0.25, -0.2) is 5.48 Å². The number of aliphatic hydroxyl groups excluding tert-OH is 1. The number of hydrogen-bond acceptors (Lipinski definition) is 6. The maximum Gasteiger partial charge on any atom is 0.268 e. The van der Waals surface area contributed by atoms with Gasteiger partial charge in [-0.3, -0.25) is 19.7 Å². The van der Waals surface area contributed by atoms with E-state index in [9.17, 15) is 14.7 Å². The van der Waals surface area contributed by atoms with Crippen molar-refractivity contribution in [3.8, 4) is 11.8 Å². The molecule has 0 radical (unpaired) electrons. The third-order valence-electron chi connectivity index (χ3n) is 7.48. The molecule has 0 aliphatic carbocycles. The van der Waals surface area contributed by atoms with E-state index in [1.165, 1.54) is 63.2 Å². The number of hydrogen-bond donors (Lipinski definition) is 4. The van der Waals surface area contributed by atoms with Gasteiger partial charge < -0.3 is 15.3 Å². The number of nitrogens with zero attached hydrogens (tertiary/aromatic N) is 2. The normalized spacial score (nSPS) is 18.6. The van der Waals surface area contributed by atoms with Crippen molar-refractivity contribution in [3.05, 3.63) is 70.8 Å². The second-order valence-electron chi connectivity index (χ2n) is 10.3. The molecule has 8 nitrogen and oxygen atoms in total. The monoisotopic (exact) mass is 518 g/mol. The van der Waals surface area contributed by atoms with Crippen LogP contribution in [0, 0.1) is 11.8 Å². The molecule has 0 bridgehead atoms. The van der Waals surface area contributed by atoms with Gasteiger partial charge in [0.05, 0.1) is 6.10 Å². The van der Waals surface area contributed by atoms with Gasteiger partial charge in [0.2, 0.25) is 0 Å².